The lowest BCUT2D eigenvalue weighted by atomic mass is 10.1. The minimum atomic E-state index is -4.03. The quantitative estimate of drug-likeness (QED) is 0.861. The summed E-state index contributed by atoms with van der Waals surface area (Å²) in [6.45, 7) is 0. The van der Waals surface area contributed by atoms with Gasteiger partial charge in [0.1, 0.15) is 16.6 Å². The highest BCUT2D eigenvalue weighted by Gasteiger charge is 2.74. The summed E-state index contributed by atoms with van der Waals surface area (Å²) in [5.74, 6) is -3.07. The van der Waals surface area contributed by atoms with E-state index in [1.54, 1.807) is 0 Å². The normalized spacial score (nSPS) is 26.1. The van der Waals surface area contributed by atoms with E-state index in [9.17, 15) is 22.7 Å². The molecule has 2 aromatic rings. The molecule has 0 saturated heterocycles. The predicted molar refractivity (Wildman–Crippen MR) is 86.1 cm³/mol. The fourth-order valence-corrected chi connectivity index (χ4v) is 5.34. The van der Waals surface area contributed by atoms with E-state index in [4.69, 9.17) is 17.3 Å². The molecule has 1 fully saturated rings. The molecule has 1 saturated carbocycles. The molecule has 0 aromatic heterocycles. The van der Waals surface area contributed by atoms with E-state index < -0.39 is 38.3 Å². The number of hydrogen-bond donors (Lipinski definition) is 2. The average Bonchev–Trinajstić information content (AvgIpc) is 3.17. The van der Waals surface area contributed by atoms with E-state index in [-0.39, 0.29) is 10.5 Å². The maximum absolute atomic E-state index is 13.4. The fraction of sp³-hybridized carbons (Fsp3) is 0.188. The zero-order valence-corrected chi connectivity index (χ0v) is 13.8. The first-order chi connectivity index (χ1) is 11.2. The van der Waals surface area contributed by atoms with Gasteiger partial charge in [-0.2, -0.15) is 0 Å². The molecule has 3 atom stereocenters. The second kappa shape index (κ2) is 5.54. The van der Waals surface area contributed by atoms with Crippen LogP contribution in [0.2, 0.25) is 5.02 Å². The number of carbonyl (C=O) groups is 1. The van der Waals surface area contributed by atoms with Crippen molar-refractivity contribution in [1.29, 1.82) is 0 Å². The number of halogens is 2. The van der Waals surface area contributed by atoms with Crippen LogP contribution in [0.3, 0.4) is 0 Å². The molecule has 126 valence electrons. The van der Waals surface area contributed by atoms with E-state index in [1.165, 1.54) is 42.5 Å². The highest BCUT2D eigenvalue weighted by Crippen LogP contribution is 2.55. The summed E-state index contributed by atoms with van der Waals surface area (Å²) in [4.78, 5) is 11.5. The molecular formula is C16H13ClFNO4S. The zero-order chi connectivity index (χ0) is 17.7. The van der Waals surface area contributed by atoms with Crippen LogP contribution in [0.15, 0.2) is 53.4 Å². The number of rotatable bonds is 4. The molecule has 0 aliphatic heterocycles. The minimum Gasteiger partial charge on any atom is -0.480 e. The molecule has 0 amide bonds. The molecule has 5 nitrogen and oxygen atoms in total. The largest absolute Gasteiger partial charge is 0.480 e. The Morgan fingerprint density at radius 2 is 1.83 bits per heavy atom. The first-order valence-electron chi connectivity index (χ1n) is 6.96. The molecule has 3 N–H and O–H groups in total. The highest BCUT2D eigenvalue weighted by atomic mass is 35.5. The van der Waals surface area contributed by atoms with Crippen molar-refractivity contribution >= 4 is 27.4 Å². The van der Waals surface area contributed by atoms with Gasteiger partial charge in [-0.25, -0.2) is 12.8 Å². The third-order valence-corrected chi connectivity index (χ3v) is 6.75. The van der Waals surface area contributed by atoms with Crippen molar-refractivity contribution in [2.45, 2.75) is 21.6 Å². The Balaban J connectivity index is 2.08. The van der Waals surface area contributed by atoms with Gasteiger partial charge in [-0.1, -0.05) is 23.7 Å². The van der Waals surface area contributed by atoms with Crippen molar-refractivity contribution < 1.29 is 22.7 Å². The van der Waals surface area contributed by atoms with Gasteiger partial charge >= 0.3 is 5.97 Å². The van der Waals surface area contributed by atoms with Gasteiger partial charge in [-0.15, -0.1) is 0 Å². The van der Waals surface area contributed by atoms with Crippen LogP contribution in [-0.4, -0.2) is 30.3 Å². The molecule has 3 rings (SSSR count). The van der Waals surface area contributed by atoms with Crippen LogP contribution in [0.1, 0.15) is 11.5 Å². The van der Waals surface area contributed by atoms with Crippen molar-refractivity contribution in [3.8, 4) is 0 Å². The van der Waals surface area contributed by atoms with E-state index in [2.05, 4.69) is 0 Å². The maximum atomic E-state index is 13.4. The number of aliphatic carboxylic acids is 1. The van der Waals surface area contributed by atoms with Crippen LogP contribution in [0.4, 0.5) is 4.39 Å². The van der Waals surface area contributed by atoms with E-state index in [0.29, 0.717) is 5.02 Å². The van der Waals surface area contributed by atoms with Crippen LogP contribution in [-0.2, 0) is 14.6 Å². The smallest absolute Gasteiger partial charge is 0.325 e. The van der Waals surface area contributed by atoms with Crippen molar-refractivity contribution in [2.24, 2.45) is 5.73 Å². The molecule has 1 aliphatic carbocycles. The molecule has 0 bridgehead atoms. The number of carboxylic acids is 1. The molecule has 0 heterocycles. The lowest BCUT2D eigenvalue weighted by Gasteiger charge is -2.06. The molecular weight excluding hydrogens is 357 g/mol. The molecule has 0 spiro atoms. The molecule has 24 heavy (non-hydrogen) atoms. The van der Waals surface area contributed by atoms with Crippen molar-refractivity contribution in [3.63, 3.8) is 0 Å². The minimum absolute atomic E-state index is 0.0770. The second-order valence-corrected chi connectivity index (χ2v) is 8.20. The summed E-state index contributed by atoms with van der Waals surface area (Å²) in [7, 11) is -4.03. The maximum Gasteiger partial charge on any atom is 0.325 e. The number of nitrogens with two attached hydrogens (primary N) is 1. The lowest BCUT2D eigenvalue weighted by molar-refractivity contribution is -0.139. The Morgan fingerprint density at radius 1 is 1.21 bits per heavy atom. The van der Waals surface area contributed by atoms with Gasteiger partial charge in [0.25, 0.3) is 0 Å². The predicted octanol–water partition coefficient (Wildman–Crippen LogP) is 2.20. The SMILES string of the molecule is N[C@]1(C(=O)O)[C@@H](c2cccc(F)c2)[C@@H]1S(=O)(=O)c1ccc(Cl)cc1. The third-order valence-electron chi connectivity index (χ3n) is 4.23. The Bertz CT molecular complexity index is 916. The van der Waals surface area contributed by atoms with Gasteiger partial charge in [0.2, 0.25) is 0 Å². The number of benzene rings is 2. The van der Waals surface area contributed by atoms with Crippen LogP contribution in [0.5, 0.6) is 0 Å². The summed E-state index contributed by atoms with van der Waals surface area (Å²) in [6.07, 6.45) is 0. The Labute approximate surface area is 142 Å². The third kappa shape index (κ3) is 2.49. The van der Waals surface area contributed by atoms with Gasteiger partial charge in [-0.3, -0.25) is 4.79 Å². The van der Waals surface area contributed by atoms with Gasteiger partial charge in [0.15, 0.2) is 9.84 Å². The van der Waals surface area contributed by atoms with Gasteiger partial charge in [0.05, 0.1) is 4.90 Å². The standard InChI is InChI=1S/C16H13ClFNO4S/c17-10-4-6-12(7-5-10)24(22,23)14-13(16(14,19)15(20)21)9-2-1-3-11(18)8-9/h1-8,13-14H,19H2,(H,20,21)/t13-,14-,16+/m0/s1. The molecule has 1 aliphatic rings. The number of carboxylic acid groups (broad SMARTS) is 1. The van der Waals surface area contributed by atoms with Crippen LogP contribution in [0, 0.1) is 5.82 Å². The number of sulfone groups is 1. The van der Waals surface area contributed by atoms with Crippen LogP contribution >= 0.6 is 11.6 Å². The van der Waals surface area contributed by atoms with E-state index in [1.807, 2.05) is 0 Å². The summed E-state index contributed by atoms with van der Waals surface area (Å²) in [6, 6.07) is 10.5. The zero-order valence-electron chi connectivity index (χ0n) is 12.2. The molecule has 0 unspecified atom stereocenters. The molecule has 8 heteroatoms. The van der Waals surface area contributed by atoms with Crippen LogP contribution in [0.25, 0.3) is 0 Å². The first kappa shape index (κ1) is 16.9. The highest BCUT2D eigenvalue weighted by molar-refractivity contribution is 7.92. The van der Waals surface area contributed by atoms with Gasteiger partial charge in [-0.05, 0) is 42.0 Å². The van der Waals surface area contributed by atoms with Crippen molar-refractivity contribution in [3.05, 3.63) is 64.9 Å². The average molecular weight is 370 g/mol. The summed E-state index contributed by atoms with van der Waals surface area (Å²) >= 11 is 5.75. The topological polar surface area (TPSA) is 97.5 Å². The van der Waals surface area contributed by atoms with Gasteiger partial charge < -0.3 is 10.8 Å². The van der Waals surface area contributed by atoms with Crippen LogP contribution < -0.4 is 5.73 Å². The fourth-order valence-electron chi connectivity index (χ4n) is 2.99. The van der Waals surface area contributed by atoms with Gasteiger partial charge in [0, 0.05) is 10.9 Å². The summed E-state index contributed by atoms with van der Waals surface area (Å²) in [5, 5.41) is 8.40. The first-order valence-corrected chi connectivity index (χ1v) is 8.88. The van der Waals surface area contributed by atoms with E-state index in [0.717, 1.165) is 6.07 Å². The second-order valence-electron chi connectivity index (χ2n) is 5.69. The molecule has 2 aromatic carbocycles. The monoisotopic (exact) mass is 369 g/mol. The van der Waals surface area contributed by atoms with Crippen molar-refractivity contribution in [2.75, 3.05) is 0 Å². The summed E-state index contributed by atoms with van der Waals surface area (Å²) in [5.41, 5.74) is 4.12. The Kier molecular flexibility index (Phi) is 3.90. The Morgan fingerprint density at radius 3 is 2.38 bits per heavy atom. The Hall–Kier alpha value is -1.96. The number of hydrogen-bond acceptors (Lipinski definition) is 4. The summed E-state index contributed by atoms with van der Waals surface area (Å²) < 4.78 is 39.1. The van der Waals surface area contributed by atoms with Crippen molar-refractivity contribution in [1.82, 2.24) is 0 Å². The lowest BCUT2D eigenvalue weighted by Crippen LogP contribution is -2.39. The van der Waals surface area contributed by atoms with E-state index >= 15 is 0 Å². The molecule has 0 radical (unpaired) electrons.